The van der Waals surface area contributed by atoms with Crippen molar-refractivity contribution < 1.29 is 9.32 Å². The van der Waals surface area contributed by atoms with Gasteiger partial charge in [0.05, 0.1) is 0 Å². The maximum atomic E-state index is 11.0. The van der Waals surface area contributed by atoms with Crippen LogP contribution >= 0.6 is 0 Å². The van der Waals surface area contributed by atoms with Gasteiger partial charge in [0.25, 0.3) is 5.91 Å². The van der Waals surface area contributed by atoms with Gasteiger partial charge < -0.3 is 14.7 Å². The molecule has 1 amide bonds. The zero-order valence-electron chi connectivity index (χ0n) is 9.49. The van der Waals surface area contributed by atoms with Gasteiger partial charge in [0, 0.05) is 24.9 Å². The second kappa shape index (κ2) is 3.66. The van der Waals surface area contributed by atoms with Crippen molar-refractivity contribution in [1.82, 2.24) is 19.5 Å². The van der Waals surface area contributed by atoms with Gasteiger partial charge in [0.1, 0.15) is 11.3 Å². The molecule has 0 radical (unpaired) electrons. The lowest BCUT2D eigenvalue weighted by Gasteiger charge is -1.95. The minimum absolute atomic E-state index is 0.219. The van der Waals surface area contributed by atoms with Gasteiger partial charge in [0.2, 0.25) is 11.7 Å². The summed E-state index contributed by atoms with van der Waals surface area (Å²) in [5.41, 5.74) is 6.80. The molecule has 7 heteroatoms. The Kier molecular flexibility index (Phi) is 2.12. The average Bonchev–Trinajstić information content (AvgIpc) is 2.93. The first-order valence-electron chi connectivity index (χ1n) is 5.23. The largest absolute Gasteiger partial charge is 0.364 e. The summed E-state index contributed by atoms with van der Waals surface area (Å²) in [6.07, 6.45) is 3.33. The first-order valence-corrected chi connectivity index (χ1v) is 5.23. The van der Waals surface area contributed by atoms with E-state index in [4.69, 9.17) is 10.3 Å². The molecule has 18 heavy (non-hydrogen) atoms. The van der Waals surface area contributed by atoms with Crippen LogP contribution in [0.5, 0.6) is 0 Å². The van der Waals surface area contributed by atoms with Crippen molar-refractivity contribution in [2.45, 2.75) is 6.92 Å². The molecule has 7 nitrogen and oxygen atoms in total. The van der Waals surface area contributed by atoms with Crippen LogP contribution in [-0.2, 0) is 0 Å². The predicted molar refractivity (Wildman–Crippen MR) is 61.7 cm³/mol. The molecule has 0 spiro atoms. The molecule has 0 fully saturated rings. The number of amides is 1. The van der Waals surface area contributed by atoms with Crippen molar-refractivity contribution in [3.63, 3.8) is 0 Å². The van der Waals surface area contributed by atoms with E-state index in [9.17, 15) is 4.79 Å². The van der Waals surface area contributed by atoms with E-state index in [1.54, 1.807) is 35.9 Å². The molecule has 2 N–H and O–H groups in total. The maximum Gasteiger partial charge on any atom is 0.268 e. The smallest absolute Gasteiger partial charge is 0.268 e. The van der Waals surface area contributed by atoms with Gasteiger partial charge >= 0.3 is 0 Å². The van der Waals surface area contributed by atoms with Crippen LogP contribution in [0, 0.1) is 6.92 Å². The summed E-state index contributed by atoms with van der Waals surface area (Å²) in [5, 5.41) is 3.82. The molecule has 0 bridgehead atoms. The molecule has 0 aliphatic heterocycles. The van der Waals surface area contributed by atoms with Crippen LogP contribution in [0.3, 0.4) is 0 Å². The Labute approximate surface area is 101 Å². The summed E-state index contributed by atoms with van der Waals surface area (Å²) in [4.78, 5) is 19.2. The Morgan fingerprint density at radius 3 is 2.83 bits per heavy atom. The number of aromatic nitrogens is 4. The number of nitrogens with zero attached hydrogens (tertiary/aromatic N) is 4. The standard InChI is InChI=1S/C11H9N5O2/c1-6-13-11(15-18-6)7-2-3-9-14-8(10(12)17)5-16(9)4-7/h2-5H,1H3,(H2,12,17). The molecule has 0 atom stereocenters. The lowest BCUT2D eigenvalue weighted by molar-refractivity contribution is 0.0996. The topological polar surface area (TPSA) is 99.3 Å². The average molecular weight is 243 g/mol. The SMILES string of the molecule is Cc1nc(-c2ccc3nc(C(N)=O)cn3c2)no1. The van der Waals surface area contributed by atoms with Crippen LogP contribution in [0.1, 0.15) is 16.4 Å². The van der Waals surface area contributed by atoms with Gasteiger partial charge in [-0.1, -0.05) is 5.16 Å². The van der Waals surface area contributed by atoms with Crippen molar-refractivity contribution in [2.24, 2.45) is 5.73 Å². The summed E-state index contributed by atoms with van der Waals surface area (Å²) < 4.78 is 6.61. The fourth-order valence-corrected chi connectivity index (χ4v) is 1.66. The highest BCUT2D eigenvalue weighted by molar-refractivity contribution is 5.91. The van der Waals surface area contributed by atoms with E-state index in [0.717, 1.165) is 5.56 Å². The lowest BCUT2D eigenvalue weighted by Crippen LogP contribution is -2.10. The van der Waals surface area contributed by atoms with Crippen LogP contribution < -0.4 is 5.73 Å². The van der Waals surface area contributed by atoms with E-state index < -0.39 is 5.91 Å². The summed E-state index contributed by atoms with van der Waals surface area (Å²) in [7, 11) is 0. The second-order valence-electron chi connectivity index (χ2n) is 3.81. The molecule has 3 aromatic rings. The number of aryl methyl sites for hydroxylation is 1. The molecule has 90 valence electrons. The highest BCUT2D eigenvalue weighted by Gasteiger charge is 2.10. The Balaban J connectivity index is 2.13. The number of fused-ring (bicyclic) bond motifs is 1. The van der Waals surface area contributed by atoms with Crippen LogP contribution in [0.2, 0.25) is 0 Å². The number of nitrogens with two attached hydrogens (primary N) is 1. The minimum atomic E-state index is -0.560. The third-order valence-corrected chi connectivity index (χ3v) is 2.49. The first-order chi connectivity index (χ1) is 8.63. The van der Waals surface area contributed by atoms with Crippen molar-refractivity contribution in [1.29, 1.82) is 0 Å². The summed E-state index contributed by atoms with van der Waals surface area (Å²) in [6.45, 7) is 1.72. The van der Waals surface area contributed by atoms with Crippen LogP contribution in [0.15, 0.2) is 29.0 Å². The van der Waals surface area contributed by atoms with E-state index in [0.29, 0.717) is 17.4 Å². The first kappa shape index (κ1) is 10.5. The summed E-state index contributed by atoms with van der Waals surface area (Å²) in [5.74, 6) is 0.424. The Bertz CT molecular complexity index is 743. The van der Waals surface area contributed by atoms with Crippen molar-refractivity contribution in [3.8, 4) is 11.4 Å². The number of carbonyl (C=O) groups is 1. The van der Waals surface area contributed by atoms with E-state index in [2.05, 4.69) is 15.1 Å². The van der Waals surface area contributed by atoms with E-state index >= 15 is 0 Å². The molecular formula is C11H9N5O2. The summed E-state index contributed by atoms with van der Waals surface area (Å²) in [6, 6.07) is 3.56. The van der Waals surface area contributed by atoms with Crippen molar-refractivity contribution in [3.05, 3.63) is 36.1 Å². The van der Waals surface area contributed by atoms with Crippen LogP contribution in [-0.4, -0.2) is 25.4 Å². The van der Waals surface area contributed by atoms with Gasteiger partial charge in [-0.15, -0.1) is 0 Å². The summed E-state index contributed by atoms with van der Waals surface area (Å²) >= 11 is 0. The van der Waals surface area contributed by atoms with Gasteiger partial charge in [-0.2, -0.15) is 4.98 Å². The molecule has 0 aromatic carbocycles. The Morgan fingerprint density at radius 1 is 1.33 bits per heavy atom. The third kappa shape index (κ3) is 1.61. The molecule has 3 aromatic heterocycles. The van der Waals surface area contributed by atoms with E-state index in [1.807, 2.05) is 0 Å². The maximum absolute atomic E-state index is 11.0. The molecule has 3 rings (SSSR count). The molecule has 0 saturated carbocycles. The van der Waals surface area contributed by atoms with E-state index in [-0.39, 0.29) is 5.69 Å². The number of pyridine rings is 1. The number of rotatable bonds is 2. The van der Waals surface area contributed by atoms with Crippen molar-refractivity contribution >= 4 is 11.6 Å². The van der Waals surface area contributed by atoms with Gasteiger partial charge in [-0.3, -0.25) is 4.79 Å². The number of hydrogen-bond acceptors (Lipinski definition) is 5. The number of hydrogen-bond donors (Lipinski definition) is 1. The van der Waals surface area contributed by atoms with Crippen molar-refractivity contribution in [2.75, 3.05) is 0 Å². The molecule has 3 heterocycles. The number of primary amides is 1. The molecule has 0 aliphatic carbocycles. The second-order valence-corrected chi connectivity index (χ2v) is 3.81. The molecule has 0 unspecified atom stereocenters. The Hall–Kier alpha value is -2.70. The third-order valence-electron chi connectivity index (χ3n) is 2.49. The minimum Gasteiger partial charge on any atom is -0.364 e. The molecule has 0 saturated heterocycles. The molecular weight excluding hydrogens is 234 g/mol. The van der Waals surface area contributed by atoms with Gasteiger partial charge in [-0.05, 0) is 12.1 Å². The quantitative estimate of drug-likeness (QED) is 0.717. The monoisotopic (exact) mass is 243 g/mol. The zero-order chi connectivity index (χ0) is 12.7. The van der Waals surface area contributed by atoms with Crippen LogP contribution in [0.4, 0.5) is 0 Å². The highest BCUT2D eigenvalue weighted by Crippen LogP contribution is 2.17. The fraction of sp³-hybridized carbons (Fsp3) is 0.0909. The fourth-order valence-electron chi connectivity index (χ4n) is 1.66. The number of carbonyl (C=O) groups excluding carboxylic acids is 1. The van der Waals surface area contributed by atoms with Gasteiger partial charge in [0.15, 0.2) is 0 Å². The highest BCUT2D eigenvalue weighted by atomic mass is 16.5. The van der Waals surface area contributed by atoms with Gasteiger partial charge in [-0.25, -0.2) is 4.98 Å². The van der Waals surface area contributed by atoms with E-state index in [1.165, 1.54) is 0 Å². The predicted octanol–water partition coefficient (Wildman–Crippen LogP) is 0.792. The molecule has 0 aliphatic rings. The number of imidazole rings is 1. The zero-order valence-corrected chi connectivity index (χ0v) is 9.49. The Morgan fingerprint density at radius 2 is 2.17 bits per heavy atom. The normalized spacial score (nSPS) is 10.9. The lowest BCUT2D eigenvalue weighted by atomic mass is 10.3. The van der Waals surface area contributed by atoms with Crippen LogP contribution in [0.25, 0.3) is 17.0 Å².